The molecule has 3 N–H and O–H groups in total. The first-order valence-electron chi connectivity index (χ1n) is 4.31. The van der Waals surface area contributed by atoms with Crippen LogP contribution in [0.4, 0.5) is 0 Å². The molecule has 0 rings (SSSR count). The minimum Gasteiger partial charge on any atom is -0.320 e. The van der Waals surface area contributed by atoms with Crippen molar-refractivity contribution >= 4 is 36.2 Å². The van der Waals surface area contributed by atoms with E-state index in [4.69, 9.17) is 5.73 Å². The van der Waals surface area contributed by atoms with Crippen LogP contribution in [0.5, 0.6) is 0 Å². The van der Waals surface area contributed by atoms with E-state index in [0.717, 1.165) is 5.75 Å². The van der Waals surface area contributed by atoms with E-state index in [0.29, 0.717) is 12.2 Å². The van der Waals surface area contributed by atoms with Gasteiger partial charge in [0.15, 0.2) is 0 Å². The summed E-state index contributed by atoms with van der Waals surface area (Å²) in [6, 6.07) is -0.591. The Hall–Kier alpha value is -0.200. The molecule has 4 nitrogen and oxygen atoms in total. The fraction of sp³-hybridized carbons (Fsp3) is 0.750. The molecule has 0 radical (unpaired) electrons. The molecule has 0 bridgehead atoms. The molecule has 0 aromatic rings. The van der Waals surface area contributed by atoms with Gasteiger partial charge in [-0.3, -0.25) is 14.9 Å². The molecule has 82 valence electrons. The van der Waals surface area contributed by atoms with Gasteiger partial charge in [-0.05, 0) is 24.2 Å². The van der Waals surface area contributed by atoms with Crippen LogP contribution in [0.3, 0.4) is 0 Å². The summed E-state index contributed by atoms with van der Waals surface area (Å²) in [5, 5.41) is 2.23. The highest BCUT2D eigenvalue weighted by atomic mass is 32.2. The lowest BCUT2D eigenvalue weighted by Crippen LogP contribution is -2.43. The molecule has 0 aliphatic heterocycles. The van der Waals surface area contributed by atoms with E-state index in [1.807, 2.05) is 6.26 Å². The van der Waals surface area contributed by atoms with Crippen molar-refractivity contribution in [2.75, 3.05) is 17.8 Å². The Balaban J connectivity index is 3.76. The molecule has 0 aromatic heterocycles. The molecule has 0 heterocycles. The fourth-order valence-corrected chi connectivity index (χ4v) is 1.46. The van der Waals surface area contributed by atoms with Crippen molar-refractivity contribution in [3.63, 3.8) is 0 Å². The molecule has 1 atom stereocenters. The Kier molecular flexibility index (Phi) is 8.02. The van der Waals surface area contributed by atoms with Gasteiger partial charge in [-0.15, -0.1) is 0 Å². The number of carbonyl (C=O) groups excluding carboxylic acids is 2. The lowest BCUT2D eigenvalue weighted by Gasteiger charge is -2.09. The van der Waals surface area contributed by atoms with Crippen molar-refractivity contribution in [3.05, 3.63) is 0 Å². The third kappa shape index (κ3) is 6.28. The summed E-state index contributed by atoms with van der Waals surface area (Å²) in [5.74, 6) is 0.532. The van der Waals surface area contributed by atoms with Crippen molar-refractivity contribution in [3.8, 4) is 0 Å². The third-order valence-electron chi connectivity index (χ3n) is 1.57. The second kappa shape index (κ2) is 8.14. The lowest BCUT2D eigenvalue weighted by molar-refractivity contribution is -0.130. The monoisotopic (exact) mass is 236 g/mol. The SMILES string of the molecule is CSCCC(N)C(=O)NC(=O)CCS. The van der Waals surface area contributed by atoms with Crippen molar-refractivity contribution in [2.45, 2.75) is 18.9 Å². The van der Waals surface area contributed by atoms with Crippen molar-refractivity contribution < 1.29 is 9.59 Å². The zero-order valence-electron chi connectivity index (χ0n) is 8.16. The maximum absolute atomic E-state index is 11.2. The summed E-state index contributed by atoms with van der Waals surface area (Å²) in [4.78, 5) is 22.2. The van der Waals surface area contributed by atoms with E-state index in [1.165, 1.54) is 0 Å². The Morgan fingerprint density at radius 2 is 2.21 bits per heavy atom. The zero-order chi connectivity index (χ0) is 11.0. The largest absolute Gasteiger partial charge is 0.320 e. The third-order valence-corrected chi connectivity index (χ3v) is 2.44. The first-order valence-corrected chi connectivity index (χ1v) is 6.33. The van der Waals surface area contributed by atoms with Crippen molar-refractivity contribution in [2.24, 2.45) is 5.73 Å². The summed E-state index contributed by atoms with van der Waals surface area (Å²) in [6.45, 7) is 0. The van der Waals surface area contributed by atoms with Gasteiger partial charge in [-0.1, -0.05) is 0 Å². The van der Waals surface area contributed by atoms with Crippen LogP contribution in [-0.4, -0.2) is 35.6 Å². The molecule has 0 aromatic carbocycles. The highest BCUT2D eigenvalue weighted by Gasteiger charge is 2.14. The molecule has 0 spiro atoms. The van der Waals surface area contributed by atoms with Gasteiger partial charge >= 0.3 is 0 Å². The number of hydrogen-bond acceptors (Lipinski definition) is 5. The van der Waals surface area contributed by atoms with E-state index in [-0.39, 0.29) is 12.3 Å². The van der Waals surface area contributed by atoms with E-state index in [2.05, 4.69) is 17.9 Å². The van der Waals surface area contributed by atoms with Crippen LogP contribution in [0.15, 0.2) is 0 Å². The van der Waals surface area contributed by atoms with Gasteiger partial charge in [0.25, 0.3) is 0 Å². The molecule has 0 fully saturated rings. The Morgan fingerprint density at radius 3 is 2.71 bits per heavy atom. The van der Waals surface area contributed by atoms with Crippen molar-refractivity contribution in [1.29, 1.82) is 0 Å². The summed E-state index contributed by atoms with van der Waals surface area (Å²) in [5.41, 5.74) is 5.55. The second-order valence-corrected chi connectivity index (χ2v) is 4.21. The van der Waals surface area contributed by atoms with Crippen LogP contribution in [-0.2, 0) is 9.59 Å². The number of thioether (sulfide) groups is 1. The van der Waals surface area contributed by atoms with Crippen LogP contribution in [0.2, 0.25) is 0 Å². The standard InChI is InChI=1S/C8H16N2O2S2/c1-14-5-3-6(9)8(12)10-7(11)2-4-13/h6,13H,2-5,9H2,1H3,(H,10,11,12). The average Bonchev–Trinajstić information content (AvgIpc) is 2.14. The molecule has 0 saturated heterocycles. The minimum atomic E-state index is -0.591. The van der Waals surface area contributed by atoms with Crippen LogP contribution >= 0.6 is 24.4 Å². The Morgan fingerprint density at radius 1 is 1.57 bits per heavy atom. The maximum Gasteiger partial charge on any atom is 0.243 e. The molecule has 0 saturated carbocycles. The minimum absolute atomic E-state index is 0.240. The zero-order valence-corrected chi connectivity index (χ0v) is 9.87. The van der Waals surface area contributed by atoms with Crippen LogP contribution in [0.1, 0.15) is 12.8 Å². The number of thiol groups is 1. The molecule has 1 unspecified atom stereocenters. The summed E-state index contributed by atoms with van der Waals surface area (Å²) < 4.78 is 0. The normalized spacial score (nSPS) is 12.2. The number of rotatable bonds is 6. The molecular weight excluding hydrogens is 220 g/mol. The number of nitrogens with one attached hydrogen (secondary N) is 1. The van der Waals surface area contributed by atoms with Gasteiger partial charge in [0.1, 0.15) is 0 Å². The second-order valence-electron chi connectivity index (χ2n) is 2.77. The van der Waals surface area contributed by atoms with E-state index in [1.54, 1.807) is 11.8 Å². The molecule has 14 heavy (non-hydrogen) atoms. The van der Waals surface area contributed by atoms with E-state index >= 15 is 0 Å². The number of amides is 2. The van der Waals surface area contributed by atoms with Gasteiger partial charge in [-0.2, -0.15) is 24.4 Å². The Bertz CT molecular complexity index is 200. The highest BCUT2D eigenvalue weighted by Crippen LogP contribution is 1.98. The first kappa shape index (κ1) is 13.8. The van der Waals surface area contributed by atoms with E-state index < -0.39 is 11.9 Å². The molecular formula is C8H16N2O2S2. The topological polar surface area (TPSA) is 72.2 Å². The van der Waals surface area contributed by atoms with Gasteiger partial charge in [0.2, 0.25) is 11.8 Å². The lowest BCUT2D eigenvalue weighted by atomic mass is 10.2. The Labute approximate surface area is 93.8 Å². The molecule has 2 amide bonds. The molecule has 0 aliphatic rings. The summed E-state index contributed by atoms with van der Waals surface area (Å²) in [7, 11) is 0. The highest BCUT2D eigenvalue weighted by molar-refractivity contribution is 7.98. The molecule has 0 aliphatic carbocycles. The quantitative estimate of drug-likeness (QED) is 0.569. The van der Waals surface area contributed by atoms with Gasteiger partial charge in [0, 0.05) is 6.42 Å². The number of imide groups is 1. The summed E-state index contributed by atoms with van der Waals surface area (Å²) >= 11 is 5.50. The fourth-order valence-electron chi connectivity index (χ4n) is 0.770. The van der Waals surface area contributed by atoms with Crippen molar-refractivity contribution in [1.82, 2.24) is 5.32 Å². The maximum atomic E-state index is 11.2. The first-order chi connectivity index (χ1) is 6.61. The van der Waals surface area contributed by atoms with Gasteiger partial charge in [-0.25, -0.2) is 0 Å². The van der Waals surface area contributed by atoms with Crippen LogP contribution in [0.25, 0.3) is 0 Å². The number of hydrogen-bond donors (Lipinski definition) is 3. The smallest absolute Gasteiger partial charge is 0.243 e. The van der Waals surface area contributed by atoms with Crippen LogP contribution < -0.4 is 11.1 Å². The number of nitrogens with two attached hydrogens (primary N) is 1. The summed E-state index contributed by atoms with van der Waals surface area (Å²) in [6.07, 6.45) is 2.77. The number of carbonyl (C=O) groups is 2. The van der Waals surface area contributed by atoms with E-state index in [9.17, 15) is 9.59 Å². The van der Waals surface area contributed by atoms with Gasteiger partial charge in [0.05, 0.1) is 6.04 Å². The average molecular weight is 236 g/mol. The van der Waals surface area contributed by atoms with Gasteiger partial charge < -0.3 is 5.73 Å². The molecule has 6 heteroatoms. The van der Waals surface area contributed by atoms with Crippen LogP contribution in [0, 0.1) is 0 Å². The predicted molar refractivity (Wildman–Crippen MR) is 62.6 cm³/mol. The predicted octanol–water partition coefficient (Wildman–Crippen LogP) is 0.0295.